The summed E-state index contributed by atoms with van der Waals surface area (Å²) in [7, 11) is 0. The summed E-state index contributed by atoms with van der Waals surface area (Å²) in [6, 6.07) is 4.23. The lowest BCUT2D eigenvalue weighted by molar-refractivity contribution is -0.114. The average molecular weight is 226 g/mol. The lowest BCUT2D eigenvalue weighted by Gasteiger charge is -2.22. The van der Waals surface area contributed by atoms with E-state index in [1.54, 1.807) is 11.3 Å². The zero-order valence-corrected chi connectivity index (χ0v) is 9.39. The first kappa shape index (κ1) is 10.6. The molecule has 2 heterocycles. The molecule has 2 N–H and O–H groups in total. The van der Waals surface area contributed by atoms with Gasteiger partial charge in [-0.2, -0.15) is 0 Å². The van der Waals surface area contributed by atoms with E-state index in [0.29, 0.717) is 6.61 Å². The molecule has 1 aromatic heterocycles. The number of carbonyl (C=O) groups is 1. The van der Waals surface area contributed by atoms with Crippen LogP contribution in [-0.2, 0) is 9.53 Å². The van der Waals surface area contributed by atoms with Gasteiger partial charge in [-0.15, -0.1) is 11.3 Å². The minimum absolute atomic E-state index is 0.0312. The third kappa shape index (κ3) is 2.77. The fourth-order valence-electron chi connectivity index (χ4n) is 1.53. The zero-order chi connectivity index (χ0) is 10.7. The van der Waals surface area contributed by atoms with Crippen LogP contribution < -0.4 is 10.6 Å². The molecule has 4 nitrogen and oxygen atoms in total. The summed E-state index contributed by atoms with van der Waals surface area (Å²) in [5.74, 6) is -0.0312. The van der Waals surface area contributed by atoms with Crippen LogP contribution in [0.1, 0.15) is 17.8 Å². The summed E-state index contributed by atoms with van der Waals surface area (Å²) < 4.78 is 5.38. The highest BCUT2D eigenvalue weighted by Crippen LogP contribution is 2.28. The Balaban J connectivity index is 2.02. The lowest BCUT2D eigenvalue weighted by Crippen LogP contribution is -2.33. The molecule has 1 atom stereocenters. The van der Waals surface area contributed by atoms with Gasteiger partial charge in [0.05, 0.1) is 24.3 Å². The lowest BCUT2D eigenvalue weighted by atomic mass is 10.2. The van der Waals surface area contributed by atoms with Crippen LogP contribution in [0.3, 0.4) is 0 Å². The molecule has 1 aliphatic heterocycles. The second kappa shape index (κ2) is 4.74. The Kier molecular flexibility index (Phi) is 3.35. The van der Waals surface area contributed by atoms with Crippen molar-refractivity contribution >= 4 is 22.2 Å². The maximum absolute atomic E-state index is 10.9. The number of anilines is 1. The Hall–Kier alpha value is -0.910. The Bertz CT molecular complexity index is 345. The van der Waals surface area contributed by atoms with Crippen LogP contribution in [0.5, 0.6) is 0 Å². The van der Waals surface area contributed by atoms with E-state index < -0.39 is 0 Å². The van der Waals surface area contributed by atoms with E-state index in [2.05, 4.69) is 10.6 Å². The van der Waals surface area contributed by atoms with Crippen molar-refractivity contribution in [1.29, 1.82) is 0 Å². The summed E-state index contributed by atoms with van der Waals surface area (Å²) in [5, 5.41) is 7.04. The predicted molar refractivity (Wildman–Crippen MR) is 60.2 cm³/mol. The number of amides is 1. The van der Waals surface area contributed by atoms with Crippen LogP contribution in [0, 0.1) is 0 Å². The second-order valence-corrected chi connectivity index (χ2v) is 4.58. The zero-order valence-electron chi connectivity index (χ0n) is 8.58. The molecule has 82 valence electrons. The van der Waals surface area contributed by atoms with Crippen LogP contribution in [0.25, 0.3) is 0 Å². The topological polar surface area (TPSA) is 50.4 Å². The first-order valence-electron chi connectivity index (χ1n) is 4.94. The van der Waals surface area contributed by atoms with Crippen molar-refractivity contribution in [3.63, 3.8) is 0 Å². The molecule has 0 radical (unpaired) electrons. The minimum atomic E-state index is -0.0312. The van der Waals surface area contributed by atoms with Gasteiger partial charge >= 0.3 is 0 Å². The molecule has 1 amide bonds. The molecular formula is C10H14N2O2S. The van der Waals surface area contributed by atoms with Crippen molar-refractivity contribution in [2.24, 2.45) is 0 Å². The minimum Gasteiger partial charge on any atom is -0.378 e. The Morgan fingerprint density at radius 3 is 3.20 bits per heavy atom. The Labute approximate surface area is 92.6 Å². The van der Waals surface area contributed by atoms with Crippen molar-refractivity contribution in [3.8, 4) is 0 Å². The van der Waals surface area contributed by atoms with E-state index in [1.807, 2.05) is 12.1 Å². The highest BCUT2D eigenvalue weighted by Gasteiger charge is 2.17. The fraction of sp³-hybridized carbons (Fsp3) is 0.500. The largest absolute Gasteiger partial charge is 0.378 e. The summed E-state index contributed by atoms with van der Waals surface area (Å²) in [5.41, 5.74) is 0. The predicted octanol–water partition coefficient (Wildman–Crippen LogP) is 1.37. The van der Waals surface area contributed by atoms with Crippen LogP contribution in [0.4, 0.5) is 5.00 Å². The molecule has 0 unspecified atom stereocenters. The van der Waals surface area contributed by atoms with Gasteiger partial charge in [0.15, 0.2) is 0 Å². The van der Waals surface area contributed by atoms with E-state index in [4.69, 9.17) is 4.74 Å². The normalized spacial score (nSPS) is 21.3. The maximum Gasteiger partial charge on any atom is 0.221 e. The molecule has 5 heteroatoms. The number of carbonyl (C=O) groups excluding carboxylic acids is 1. The van der Waals surface area contributed by atoms with Gasteiger partial charge in [0.25, 0.3) is 0 Å². The van der Waals surface area contributed by atoms with Gasteiger partial charge in [0.1, 0.15) is 0 Å². The van der Waals surface area contributed by atoms with Crippen molar-refractivity contribution in [3.05, 3.63) is 17.0 Å². The van der Waals surface area contributed by atoms with Gasteiger partial charge in [-0.3, -0.25) is 4.79 Å². The van der Waals surface area contributed by atoms with Gasteiger partial charge in [-0.05, 0) is 12.1 Å². The quantitative estimate of drug-likeness (QED) is 0.800. The van der Waals surface area contributed by atoms with Crippen LogP contribution in [0.2, 0.25) is 0 Å². The number of ether oxygens (including phenoxy) is 1. The Morgan fingerprint density at radius 2 is 2.53 bits per heavy atom. The first-order chi connectivity index (χ1) is 7.25. The van der Waals surface area contributed by atoms with Crippen LogP contribution in [-0.4, -0.2) is 25.7 Å². The molecule has 0 bridgehead atoms. The van der Waals surface area contributed by atoms with Crippen molar-refractivity contribution in [1.82, 2.24) is 5.32 Å². The summed E-state index contributed by atoms with van der Waals surface area (Å²) in [4.78, 5) is 12.1. The summed E-state index contributed by atoms with van der Waals surface area (Å²) in [6.45, 7) is 3.89. The van der Waals surface area contributed by atoms with Crippen LogP contribution >= 0.6 is 11.3 Å². The van der Waals surface area contributed by atoms with E-state index in [-0.39, 0.29) is 11.9 Å². The summed E-state index contributed by atoms with van der Waals surface area (Å²) in [6.07, 6.45) is 0. The van der Waals surface area contributed by atoms with E-state index in [0.717, 1.165) is 18.2 Å². The molecule has 15 heavy (non-hydrogen) atoms. The number of rotatable bonds is 2. The highest BCUT2D eigenvalue weighted by atomic mass is 32.1. The fourth-order valence-corrected chi connectivity index (χ4v) is 2.54. The van der Waals surface area contributed by atoms with Gasteiger partial charge in [-0.25, -0.2) is 0 Å². The number of nitrogens with one attached hydrogen (secondary N) is 2. The second-order valence-electron chi connectivity index (χ2n) is 3.46. The molecule has 1 fully saturated rings. The molecular weight excluding hydrogens is 212 g/mol. The highest BCUT2D eigenvalue weighted by molar-refractivity contribution is 7.16. The standard InChI is InChI=1S/C10H14N2O2S/c1-7(13)12-10-3-2-9(15-10)8-6-14-5-4-11-8/h2-3,8,11H,4-6H2,1H3,(H,12,13)/t8-/m0/s1. The third-order valence-corrected chi connectivity index (χ3v) is 3.31. The van der Waals surface area contributed by atoms with Crippen molar-refractivity contribution in [2.75, 3.05) is 25.1 Å². The van der Waals surface area contributed by atoms with E-state index in [9.17, 15) is 4.79 Å². The summed E-state index contributed by atoms with van der Waals surface area (Å²) >= 11 is 1.59. The smallest absolute Gasteiger partial charge is 0.221 e. The van der Waals surface area contributed by atoms with E-state index in [1.165, 1.54) is 11.8 Å². The molecule has 2 rings (SSSR count). The number of hydrogen-bond donors (Lipinski definition) is 2. The SMILES string of the molecule is CC(=O)Nc1ccc([C@@H]2COCCN2)s1. The average Bonchev–Trinajstić information content (AvgIpc) is 2.67. The molecule has 0 spiro atoms. The monoisotopic (exact) mass is 226 g/mol. The number of hydrogen-bond acceptors (Lipinski definition) is 4. The van der Waals surface area contributed by atoms with Gasteiger partial charge in [0, 0.05) is 18.3 Å². The van der Waals surface area contributed by atoms with Crippen molar-refractivity contribution < 1.29 is 9.53 Å². The molecule has 0 aromatic carbocycles. The maximum atomic E-state index is 10.9. The first-order valence-corrected chi connectivity index (χ1v) is 5.76. The number of thiophene rings is 1. The van der Waals surface area contributed by atoms with Crippen molar-refractivity contribution in [2.45, 2.75) is 13.0 Å². The van der Waals surface area contributed by atoms with Crippen LogP contribution in [0.15, 0.2) is 12.1 Å². The Morgan fingerprint density at radius 1 is 1.67 bits per heavy atom. The molecule has 1 saturated heterocycles. The number of morpholine rings is 1. The molecule has 0 saturated carbocycles. The van der Waals surface area contributed by atoms with Gasteiger partial charge < -0.3 is 15.4 Å². The molecule has 1 aromatic rings. The third-order valence-electron chi connectivity index (χ3n) is 2.19. The van der Waals surface area contributed by atoms with Gasteiger partial charge in [0.2, 0.25) is 5.91 Å². The molecule has 0 aliphatic carbocycles. The molecule has 1 aliphatic rings. The van der Waals surface area contributed by atoms with Gasteiger partial charge in [-0.1, -0.05) is 0 Å². The van der Waals surface area contributed by atoms with E-state index >= 15 is 0 Å².